The van der Waals surface area contributed by atoms with Gasteiger partial charge in [-0.3, -0.25) is 4.68 Å². The van der Waals surface area contributed by atoms with Crippen molar-refractivity contribution >= 4 is 34.1 Å². The molecule has 1 N–H and O–H groups in total. The van der Waals surface area contributed by atoms with E-state index in [2.05, 4.69) is 35.9 Å². The molecule has 190 valence electrons. The zero-order valence-electron chi connectivity index (χ0n) is 21.8. The fourth-order valence-electron chi connectivity index (χ4n) is 5.64. The van der Waals surface area contributed by atoms with Crippen molar-refractivity contribution in [3.63, 3.8) is 0 Å². The fraction of sp³-hybridized carbons (Fsp3) is 0.414. The summed E-state index contributed by atoms with van der Waals surface area (Å²) in [6.07, 6.45) is 2.96. The molecule has 1 aliphatic rings. The minimum atomic E-state index is 0.654. The number of ether oxygens (including phenoxy) is 1. The zero-order chi connectivity index (χ0) is 25.6. The molecule has 0 spiro atoms. The van der Waals surface area contributed by atoms with Gasteiger partial charge in [0.2, 0.25) is 0 Å². The molecular formula is C29H34Cl2N4O. The van der Waals surface area contributed by atoms with E-state index in [0.717, 1.165) is 88.3 Å². The molecule has 0 radical (unpaired) electrons. The fourth-order valence-corrected chi connectivity index (χ4v) is 6.00. The van der Waals surface area contributed by atoms with Crippen LogP contribution in [0.5, 0.6) is 5.75 Å². The van der Waals surface area contributed by atoms with Crippen LogP contribution in [-0.2, 0) is 26.6 Å². The Bertz CT molecular complexity index is 1430. The Balaban J connectivity index is 1.52. The quantitative estimate of drug-likeness (QED) is 0.274. The van der Waals surface area contributed by atoms with Crippen molar-refractivity contribution in [1.82, 2.24) is 19.7 Å². The van der Waals surface area contributed by atoms with Gasteiger partial charge in [0.15, 0.2) is 0 Å². The van der Waals surface area contributed by atoms with Gasteiger partial charge in [-0.25, -0.2) is 0 Å². The number of aromatic nitrogens is 3. The second-order valence-electron chi connectivity index (χ2n) is 9.92. The van der Waals surface area contributed by atoms with Gasteiger partial charge < -0.3 is 14.6 Å². The molecule has 36 heavy (non-hydrogen) atoms. The normalized spacial score (nSPS) is 13.8. The van der Waals surface area contributed by atoms with Gasteiger partial charge in [-0.2, -0.15) is 5.10 Å². The van der Waals surface area contributed by atoms with Crippen molar-refractivity contribution in [3.8, 4) is 16.9 Å². The first kappa shape index (κ1) is 25.2. The monoisotopic (exact) mass is 524 g/mol. The molecular weight excluding hydrogens is 491 g/mol. The predicted molar refractivity (Wildman–Crippen MR) is 150 cm³/mol. The summed E-state index contributed by atoms with van der Waals surface area (Å²) in [5, 5.41) is 11.2. The number of hydrogen-bond donors (Lipinski definition) is 1. The molecule has 0 saturated carbocycles. The van der Waals surface area contributed by atoms with Gasteiger partial charge in [-0.1, -0.05) is 29.3 Å². The van der Waals surface area contributed by atoms with E-state index in [1.807, 2.05) is 37.7 Å². The van der Waals surface area contributed by atoms with E-state index >= 15 is 0 Å². The molecule has 0 amide bonds. The van der Waals surface area contributed by atoms with Crippen LogP contribution in [0.3, 0.4) is 0 Å². The number of benzene rings is 2. The SMILES string of the molecule is Cc1cc(OCCCc2c3n(c4c(-c5c(C)nn(C)c5C)c(Cl)ccc24)CCCNC3)cc(C)c1Cl. The summed E-state index contributed by atoms with van der Waals surface area (Å²) in [5.41, 5.74) is 10.5. The summed E-state index contributed by atoms with van der Waals surface area (Å²) in [7, 11) is 2.00. The Kier molecular flexibility index (Phi) is 7.08. The smallest absolute Gasteiger partial charge is 0.119 e. The molecule has 5 nitrogen and oxygen atoms in total. The first-order valence-corrected chi connectivity index (χ1v) is 13.5. The second-order valence-corrected chi connectivity index (χ2v) is 10.7. The van der Waals surface area contributed by atoms with Crippen LogP contribution in [-0.4, -0.2) is 27.5 Å². The van der Waals surface area contributed by atoms with Crippen LogP contribution in [0, 0.1) is 27.7 Å². The Labute approximate surface area is 223 Å². The van der Waals surface area contributed by atoms with Crippen molar-refractivity contribution in [3.05, 3.63) is 68.1 Å². The van der Waals surface area contributed by atoms with E-state index in [9.17, 15) is 0 Å². The third kappa shape index (κ3) is 4.42. The number of rotatable bonds is 6. The molecule has 5 rings (SSSR count). The maximum Gasteiger partial charge on any atom is 0.119 e. The largest absolute Gasteiger partial charge is 0.494 e. The van der Waals surface area contributed by atoms with Crippen molar-refractivity contribution in [2.45, 2.75) is 60.0 Å². The topological polar surface area (TPSA) is 44.0 Å². The van der Waals surface area contributed by atoms with Gasteiger partial charge >= 0.3 is 0 Å². The highest BCUT2D eigenvalue weighted by molar-refractivity contribution is 6.35. The highest BCUT2D eigenvalue weighted by Crippen LogP contribution is 2.42. The first-order chi connectivity index (χ1) is 17.3. The van der Waals surface area contributed by atoms with Crippen LogP contribution in [0.2, 0.25) is 10.0 Å². The van der Waals surface area contributed by atoms with Crippen molar-refractivity contribution < 1.29 is 4.74 Å². The predicted octanol–water partition coefficient (Wildman–Crippen LogP) is 7.09. The van der Waals surface area contributed by atoms with Gasteiger partial charge in [-0.15, -0.1) is 0 Å². The van der Waals surface area contributed by atoms with Gasteiger partial charge in [0.1, 0.15) is 5.75 Å². The standard InChI is InChI=1S/C29H34Cl2N4O/c1-17-14-21(15-18(2)28(17)31)36-13-6-8-22-23-9-10-24(30)27(26-19(3)33-34(5)20(26)4)29(23)35-12-7-11-32-16-25(22)35/h9-10,14-15,32H,6-8,11-13,16H2,1-5H3. The Morgan fingerprint density at radius 1 is 1.06 bits per heavy atom. The van der Waals surface area contributed by atoms with Crippen molar-refractivity contribution in [2.75, 3.05) is 13.2 Å². The van der Waals surface area contributed by atoms with Crippen LogP contribution >= 0.6 is 23.2 Å². The van der Waals surface area contributed by atoms with Crippen molar-refractivity contribution in [1.29, 1.82) is 0 Å². The van der Waals surface area contributed by atoms with Crippen molar-refractivity contribution in [2.24, 2.45) is 7.05 Å². The Morgan fingerprint density at radius 2 is 1.81 bits per heavy atom. The first-order valence-electron chi connectivity index (χ1n) is 12.7. The summed E-state index contributed by atoms with van der Waals surface area (Å²) in [6.45, 7) is 11.7. The third-order valence-corrected chi connectivity index (χ3v) is 8.34. The molecule has 4 aromatic rings. The Hall–Kier alpha value is -2.47. The van der Waals surface area contributed by atoms with Crippen LogP contribution in [0.25, 0.3) is 22.0 Å². The number of halogens is 2. The highest BCUT2D eigenvalue weighted by atomic mass is 35.5. The minimum Gasteiger partial charge on any atom is -0.494 e. The number of hydrogen-bond acceptors (Lipinski definition) is 3. The molecule has 2 aromatic carbocycles. The van der Waals surface area contributed by atoms with E-state index in [0.29, 0.717) is 6.61 Å². The maximum absolute atomic E-state index is 6.92. The summed E-state index contributed by atoms with van der Waals surface area (Å²) in [4.78, 5) is 0. The van der Waals surface area contributed by atoms with Crippen LogP contribution in [0.1, 0.15) is 46.6 Å². The summed E-state index contributed by atoms with van der Waals surface area (Å²) in [6, 6.07) is 8.29. The molecule has 0 aliphatic carbocycles. The van der Waals surface area contributed by atoms with Crippen LogP contribution in [0.4, 0.5) is 0 Å². The lowest BCUT2D eigenvalue weighted by molar-refractivity contribution is 0.310. The van der Waals surface area contributed by atoms with Gasteiger partial charge in [0.25, 0.3) is 0 Å². The molecule has 0 unspecified atom stereocenters. The van der Waals surface area contributed by atoms with Gasteiger partial charge in [0.05, 0.1) is 22.8 Å². The number of nitrogens with one attached hydrogen (secondary N) is 1. The van der Waals surface area contributed by atoms with E-state index in [-0.39, 0.29) is 0 Å². The molecule has 0 bridgehead atoms. The Morgan fingerprint density at radius 3 is 2.50 bits per heavy atom. The molecule has 2 aromatic heterocycles. The lowest BCUT2D eigenvalue weighted by Gasteiger charge is -2.13. The van der Waals surface area contributed by atoms with Crippen LogP contribution in [0.15, 0.2) is 24.3 Å². The van der Waals surface area contributed by atoms with Crippen LogP contribution < -0.4 is 10.1 Å². The van der Waals surface area contributed by atoms with E-state index in [4.69, 9.17) is 33.0 Å². The lowest BCUT2D eigenvalue weighted by atomic mass is 9.98. The molecule has 0 saturated heterocycles. The highest BCUT2D eigenvalue weighted by Gasteiger charge is 2.25. The maximum atomic E-state index is 6.92. The summed E-state index contributed by atoms with van der Waals surface area (Å²) in [5.74, 6) is 0.883. The number of nitrogens with zero attached hydrogens (tertiary/aromatic N) is 3. The minimum absolute atomic E-state index is 0.654. The van der Waals surface area contributed by atoms with Gasteiger partial charge in [-0.05, 0) is 88.4 Å². The molecule has 0 fully saturated rings. The summed E-state index contributed by atoms with van der Waals surface area (Å²) >= 11 is 13.2. The van der Waals surface area contributed by atoms with Gasteiger partial charge in [0, 0.05) is 53.1 Å². The molecule has 1 aliphatic heterocycles. The van der Waals surface area contributed by atoms with E-state index < -0.39 is 0 Å². The molecule has 0 atom stereocenters. The zero-order valence-corrected chi connectivity index (χ0v) is 23.3. The summed E-state index contributed by atoms with van der Waals surface area (Å²) < 4.78 is 10.6. The molecule has 7 heteroatoms. The number of aryl methyl sites for hydroxylation is 6. The second kappa shape index (κ2) is 10.1. The number of fused-ring (bicyclic) bond motifs is 3. The van der Waals surface area contributed by atoms with E-state index in [1.54, 1.807) is 0 Å². The third-order valence-electron chi connectivity index (χ3n) is 7.43. The molecule has 3 heterocycles. The average Bonchev–Trinajstić information content (AvgIpc) is 3.13. The van der Waals surface area contributed by atoms with E-state index in [1.165, 1.54) is 22.2 Å². The average molecular weight is 526 g/mol. The lowest BCUT2D eigenvalue weighted by Crippen LogP contribution is -2.13.